The predicted molar refractivity (Wildman–Crippen MR) is 101 cm³/mol. The second-order valence-electron chi connectivity index (χ2n) is 5.77. The first kappa shape index (κ1) is 20.9. The highest BCUT2D eigenvalue weighted by Gasteiger charge is 2.37. The smallest absolute Gasteiger partial charge is 0.296 e. The Morgan fingerprint density at radius 1 is 0.964 bits per heavy atom. The maximum atomic E-state index is 13.0. The van der Waals surface area contributed by atoms with E-state index in [4.69, 9.17) is 12.2 Å². The van der Waals surface area contributed by atoms with Gasteiger partial charge in [-0.05, 0) is 46.8 Å². The molecule has 1 amide bonds. The maximum Gasteiger partial charge on any atom is 0.416 e. The molecule has 28 heavy (non-hydrogen) atoms. The van der Waals surface area contributed by atoms with Gasteiger partial charge in [0.15, 0.2) is 0 Å². The Bertz CT molecular complexity index is 957. The van der Waals surface area contributed by atoms with Gasteiger partial charge in [-0.1, -0.05) is 24.0 Å². The number of thiocarbonyl (C=S) groups is 1. The van der Waals surface area contributed by atoms with Gasteiger partial charge in [-0.15, -0.1) is 11.3 Å². The molecule has 2 nitrogen and oxygen atoms in total. The van der Waals surface area contributed by atoms with E-state index in [0.717, 1.165) is 23.1 Å². The van der Waals surface area contributed by atoms with E-state index in [9.17, 15) is 31.1 Å². The highest BCUT2D eigenvalue weighted by Crippen LogP contribution is 2.40. The molecular formula is C17H9F6NOS3. The molecule has 0 radical (unpaired) electrons. The molecule has 0 saturated carbocycles. The van der Waals surface area contributed by atoms with Crippen molar-refractivity contribution in [2.45, 2.75) is 12.4 Å². The van der Waals surface area contributed by atoms with Crippen LogP contribution in [-0.4, -0.2) is 22.2 Å². The first-order chi connectivity index (χ1) is 12.9. The van der Waals surface area contributed by atoms with Gasteiger partial charge in [-0.3, -0.25) is 9.69 Å². The number of alkyl halides is 6. The van der Waals surface area contributed by atoms with Crippen molar-refractivity contribution in [3.05, 3.63) is 50.6 Å². The summed E-state index contributed by atoms with van der Waals surface area (Å²) >= 11 is 7.18. The van der Waals surface area contributed by atoms with E-state index in [1.807, 2.05) is 0 Å². The minimum Gasteiger partial charge on any atom is -0.296 e. The topological polar surface area (TPSA) is 20.3 Å². The number of thiophene rings is 1. The number of hydrogen-bond acceptors (Lipinski definition) is 4. The van der Waals surface area contributed by atoms with Gasteiger partial charge in [-0.2, -0.15) is 26.3 Å². The molecule has 2 aromatic rings. The highest BCUT2D eigenvalue weighted by molar-refractivity contribution is 8.26. The van der Waals surface area contributed by atoms with Crippen molar-refractivity contribution in [2.75, 3.05) is 7.05 Å². The minimum absolute atomic E-state index is 0.0867. The Morgan fingerprint density at radius 3 is 2.00 bits per heavy atom. The van der Waals surface area contributed by atoms with Gasteiger partial charge in [0.2, 0.25) is 0 Å². The maximum absolute atomic E-state index is 13.0. The van der Waals surface area contributed by atoms with Crippen molar-refractivity contribution < 1.29 is 31.1 Å². The number of halogens is 6. The Labute approximate surface area is 168 Å². The number of rotatable bonds is 2. The number of carbonyl (C=O) groups excluding carboxylic acids is 1. The van der Waals surface area contributed by atoms with Gasteiger partial charge in [-0.25, -0.2) is 0 Å². The molecule has 0 aliphatic carbocycles. The van der Waals surface area contributed by atoms with Gasteiger partial charge >= 0.3 is 12.4 Å². The number of thioether (sulfide) groups is 1. The van der Waals surface area contributed by atoms with Crippen LogP contribution in [-0.2, 0) is 17.1 Å². The third-order valence-corrected chi connectivity index (χ3v) is 6.17. The molecule has 1 aliphatic heterocycles. The van der Waals surface area contributed by atoms with Crippen LogP contribution in [0.5, 0.6) is 0 Å². The summed E-state index contributed by atoms with van der Waals surface area (Å²) in [7, 11) is 1.51. The zero-order chi connectivity index (χ0) is 20.9. The van der Waals surface area contributed by atoms with Crippen LogP contribution in [0.1, 0.15) is 16.0 Å². The highest BCUT2D eigenvalue weighted by atomic mass is 32.2. The number of likely N-dealkylation sites (N-methyl/N-ethyl adjacent to an activating group) is 1. The molecule has 0 spiro atoms. The summed E-state index contributed by atoms with van der Waals surface area (Å²) in [5, 5.41) is 1.44. The molecule has 2 heterocycles. The van der Waals surface area contributed by atoms with Crippen molar-refractivity contribution >= 4 is 51.6 Å². The van der Waals surface area contributed by atoms with Crippen LogP contribution in [0.4, 0.5) is 26.3 Å². The van der Waals surface area contributed by atoms with E-state index < -0.39 is 23.5 Å². The lowest BCUT2D eigenvalue weighted by Crippen LogP contribution is -2.22. The fourth-order valence-corrected chi connectivity index (χ4v) is 4.47. The second-order valence-corrected chi connectivity index (χ2v) is 8.39. The molecule has 1 fully saturated rings. The Hall–Kier alpha value is -1.85. The third-order valence-electron chi connectivity index (χ3n) is 3.80. The zero-order valence-electron chi connectivity index (χ0n) is 13.8. The Balaban J connectivity index is 2.01. The summed E-state index contributed by atoms with van der Waals surface area (Å²) in [5.74, 6) is -0.316. The van der Waals surface area contributed by atoms with Crippen LogP contribution in [0.25, 0.3) is 17.2 Å². The Morgan fingerprint density at radius 2 is 1.54 bits per heavy atom. The lowest BCUT2D eigenvalue weighted by molar-refractivity contribution is -0.143. The summed E-state index contributed by atoms with van der Waals surface area (Å²) in [4.78, 5) is 14.1. The lowest BCUT2D eigenvalue weighted by Gasteiger charge is -2.13. The van der Waals surface area contributed by atoms with Gasteiger partial charge in [0.05, 0.1) is 16.0 Å². The number of benzene rings is 1. The molecule has 0 unspecified atom stereocenters. The average Bonchev–Trinajstić information content (AvgIpc) is 3.14. The molecule has 148 valence electrons. The molecule has 1 saturated heterocycles. The van der Waals surface area contributed by atoms with E-state index in [2.05, 4.69) is 0 Å². The van der Waals surface area contributed by atoms with Crippen LogP contribution in [0.2, 0.25) is 0 Å². The molecular weight excluding hydrogens is 444 g/mol. The largest absolute Gasteiger partial charge is 0.416 e. The van der Waals surface area contributed by atoms with Gasteiger partial charge in [0.25, 0.3) is 5.91 Å². The predicted octanol–water partition coefficient (Wildman–Crippen LogP) is 6.28. The lowest BCUT2D eigenvalue weighted by atomic mass is 10.0. The molecule has 11 heteroatoms. The summed E-state index contributed by atoms with van der Waals surface area (Å²) < 4.78 is 78.4. The molecule has 3 rings (SSSR count). The minimum atomic E-state index is -4.91. The van der Waals surface area contributed by atoms with Gasteiger partial charge in [0.1, 0.15) is 4.32 Å². The van der Waals surface area contributed by atoms with Crippen LogP contribution >= 0.6 is 35.3 Å². The van der Waals surface area contributed by atoms with Crippen molar-refractivity contribution in [1.29, 1.82) is 0 Å². The van der Waals surface area contributed by atoms with E-state index in [-0.39, 0.29) is 23.1 Å². The van der Waals surface area contributed by atoms with Crippen molar-refractivity contribution in [1.82, 2.24) is 4.90 Å². The number of carbonyl (C=O) groups is 1. The van der Waals surface area contributed by atoms with Crippen molar-refractivity contribution in [3.63, 3.8) is 0 Å². The SMILES string of the molecule is CN1C(=O)C(=Cc2cc(-c3cc(C(F)(F)F)cc(C(F)(F)F)c3)cs2)SC1=S. The summed E-state index contributed by atoms with van der Waals surface area (Å²) in [6, 6.07) is 2.87. The summed E-state index contributed by atoms with van der Waals surface area (Å²) in [5.41, 5.74) is -2.77. The van der Waals surface area contributed by atoms with Crippen LogP contribution in [0.3, 0.4) is 0 Å². The number of nitrogens with zero attached hydrogens (tertiary/aromatic N) is 1. The first-order valence-electron chi connectivity index (χ1n) is 7.46. The van der Waals surface area contributed by atoms with E-state index in [1.165, 1.54) is 29.5 Å². The molecule has 0 bridgehead atoms. The average molecular weight is 453 g/mol. The third kappa shape index (κ3) is 4.26. The normalized spacial score (nSPS) is 17.1. The van der Waals surface area contributed by atoms with Crippen LogP contribution < -0.4 is 0 Å². The molecule has 1 aliphatic rings. The van der Waals surface area contributed by atoms with Gasteiger partial charge < -0.3 is 0 Å². The molecule has 1 aromatic carbocycles. The Kier molecular flexibility index (Phi) is 5.36. The second kappa shape index (κ2) is 7.20. The molecule has 0 atom stereocenters. The zero-order valence-corrected chi connectivity index (χ0v) is 16.3. The first-order valence-corrected chi connectivity index (χ1v) is 9.56. The molecule has 1 aromatic heterocycles. The van der Waals surface area contributed by atoms with E-state index in [0.29, 0.717) is 26.2 Å². The van der Waals surface area contributed by atoms with E-state index in [1.54, 1.807) is 0 Å². The van der Waals surface area contributed by atoms with Crippen molar-refractivity contribution in [2.24, 2.45) is 0 Å². The van der Waals surface area contributed by atoms with Gasteiger partial charge in [0, 0.05) is 11.9 Å². The fourth-order valence-electron chi connectivity index (χ4n) is 2.38. The standard InChI is InChI=1S/C17H9F6NOS3/c1-24-14(25)13(28-15(24)26)6-12-4-9(7-27-12)8-2-10(16(18,19)20)5-11(3-8)17(21,22)23/h2-7H,1H3. The number of hydrogen-bond donors (Lipinski definition) is 0. The number of amides is 1. The van der Waals surface area contributed by atoms with Crippen LogP contribution in [0.15, 0.2) is 34.6 Å². The monoisotopic (exact) mass is 453 g/mol. The quantitative estimate of drug-likeness (QED) is 0.303. The van der Waals surface area contributed by atoms with Crippen LogP contribution in [0, 0.1) is 0 Å². The summed E-state index contributed by atoms with van der Waals surface area (Å²) in [6.45, 7) is 0. The summed E-state index contributed by atoms with van der Waals surface area (Å²) in [6.07, 6.45) is -8.32. The fraction of sp³-hybridized carbons (Fsp3) is 0.176. The molecule has 0 N–H and O–H groups in total. The van der Waals surface area contributed by atoms with Crippen molar-refractivity contribution in [3.8, 4) is 11.1 Å². The van der Waals surface area contributed by atoms with E-state index >= 15 is 0 Å².